The topological polar surface area (TPSA) is 125 Å². The number of amides is 1. The minimum Gasteiger partial charge on any atom is -0.481 e. The van der Waals surface area contributed by atoms with Crippen molar-refractivity contribution in [2.45, 2.75) is 19.3 Å². The predicted molar refractivity (Wildman–Crippen MR) is 136 cm³/mol. The van der Waals surface area contributed by atoms with Crippen molar-refractivity contribution >= 4 is 34.4 Å². The summed E-state index contributed by atoms with van der Waals surface area (Å²) in [4.78, 5) is 30.8. The summed E-state index contributed by atoms with van der Waals surface area (Å²) in [5, 5.41) is 16.6. The van der Waals surface area contributed by atoms with Crippen LogP contribution in [-0.4, -0.2) is 38.9 Å². The van der Waals surface area contributed by atoms with Crippen LogP contribution in [0.15, 0.2) is 72.8 Å². The molecule has 0 bridgehead atoms. The van der Waals surface area contributed by atoms with Gasteiger partial charge in [0.2, 0.25) is 0 Å². The molecule has 0 unspecified atom stereocenters. The lowest BCUT2D eigenvalue weighted by Gasteiger charge is -2.22. The van der Waals surface area contributed by atoms with E-state index in [-0.39, 0.29) is 24.7 Å². The van der Waals surface area contributed by atoms with Gasteiger partial charge in [-0.25, -0.2) is 4.98 Å². The molecule has 0 spiro atoms. The van der Waals surface area contributed by atoms with Gasteiger partial charge >= 0.3 is 5.97 Å². The molecular weight excluding hydrogens is 442 g/mol. The summed E-state index contributed by atoms with van der Waals surface area (Å²) >= 11 is 0. The van der Waals surface area contributed by atoms with Crippen LogP contribution in [0.4, 0.5) is 5.69 Å². The maximum Gasteiger partial charge on any atom is 0.305 e. The summed E-state index contributed by atoms with van der Waals surface area (Å²) in [6.45, 7) is 0.0755. The summed E-state index contributed by atoms with van der Waals surface area (Å²) in [5.74, 6) is -0.284. The lowest BCUT2D eigenvalue weighted by atomic mass is 10.1. The van der Waals surface area contributed by atoms with Crippen molar-refractivity contribution < 1.29 is 14.7 Å². The number of nitrogen functional groups attached to an aromatic ring is 1. The van der Waals surface area contributed by atoms with Gasteiger partial charge in [-0.3, -0.25) is 15.0 Å². The number of aliphatic carboxylic acids is 1. The molecular formula is C27H27N5O3. The molecule has 1 heterocycles. The van der Waals surface area contributed by atoms with Crippen molar-refractivity contribution in [3.8, 4) is 0 Å². The predicted octanol–water partition coefficient (Wildman–Crippen LogP) is 3.76. The first kappa shape index (κ1) is 23.7. The fourth-order valence-corrected chi connectivity index (χ4v) is 4.03. The van der Waals surface area contributed by atoms with Crippen molar-refractivity contribution in [2.75, 3.05) is 11.4 Å². The Morgan fingerprint density at radius 1 is 1.00 bits per heavy atom. The molecule has 4 rings (SSSR count). The number of benzene rings is 3. The Bertz CT molecular complexity index is 1380. The van der Waals surface area contributed by atoms with E-state index >= 15 is 0 Å². The molecule has 0 aliphatic carbocycles. The molecule has 4 aromatic rings. The zero-order chi connectivity index (χ0) is 24.9. The van der Waals surface area contributed by atoms with E-state index in [1.807, 2.05) is 60.1 Å². The zero-order valence-electron chi connectivity index (χ0n) is 19.4. The van der Waals surface area contributed by atoms with Crippen LogP contribution < -0.4 is 10.6 Å². The molecule has 4 N–H and O–H groups in total. The Morgan fingerprint density at radius 3 is 2.34 bits per heavy atom. The van der Waals surface area contributed by atoms with Crippen LogP contribution in [0.5, 0.6) is 0 Å². The van der Waals surface area contributed by atoms with Crippen LogP contribution in [0.3, 0.4) is 0 Å². The Kier molecular flexibility index (Phi) is 6.91. The maximum atomic E-state index is 13.4. The van der Waals surface area contributed by atoms with Gasteiger partial charge in [-0.15, -0.1) is 0 Å². The molecule has 8 nitrogen and oxygen atoms in total. The Morgan fingerprint density at radius 2 is 1.69 bits per heavy atom. The average molecular weight is 470 g/mol. The van der Waals surface area contributed by atoms with Crippen molar-refractivity contribution in [2.24, 2.45) is 12.8 Å². The number of imidazole rings is 1. The number of amidine groups is 1. The summed E-state index contributed by atoms with van der Waals surface area (Å²) in [6.07, 6.45) is 1.34. The third-order valence-corrected chi connectivity index (χ3v) is 5.98. The van der Waals surface area contributed by atoms with Gasteiger partial charge in [0, 0.05) is 36.8 Å². The minimum atomic E-state index is -0.959. The molecule has 0 fully saturated rings. The third kappa shape index (κ3) is 5.38. The van der Waals surface area contributed by atoms with E-state index in [1.165, 1.54) is 4.90 Å². The highest BCUT2D eigenvalue weighted by Crippen LogP contribution is 2.22. The van der Waals surface area contributed by atoms with Crippen LogP contribution in [0.2, 0.25) is 0 Å². The van der Waals surface area contributed by atoms with E-state index in [4.69, 9.17) is 21.2 Å². The Labute approximate surface area is 203 Å². The van der Waals surface area contributed by atoms with E-state index < -0.39 is 5.97 Å². The molecule has 3 aromatic carbocycles. The number of nitrogens with zero attached hydrogens (tertiary/aromatic N) is 3. The van der Waals surface area contributed by atoms with Crippen molar-refractivity contribution in [3.63, 3.8) is 0 Å². The van der Waals surface area contributed by atoms with Gasteiger partial charge < -0.3 is 20.3 Å². The van der Waals surface area contributed by atoms with Gasteiger partial charge in [0.15, 0.2) is 0 Å². The standard InChI is InChI=1S/C27H27N5O3/c1-31-23-13-12-20(27(35)32(16-15-25(33)34)21-5-3-2-4-6-21)17-22(23)30-24(31)14-9-18-7-10-19(11-8-18)26(28)29/h2-8,10-13,17H,9,14-16H2,1H3,(H3,28,29)(H,33,34). The minimum absolute atomic E-state index is 0.0473. The number of anilines is 1. The fourth-order valence-electron chi connectivity index (χ4n) is 4.03. The highest BCUT2D eigenvalue weighted by Gasteiger charge is 2.20. The van der Waals surface area contributed by atoms with Gasteiger partial charge in [0.1, 0.15) is 11.7 Å². The molecule has 1 aromatic heterocycles. The number of rotatable bonds is 9. The van der Waals surface area contributed by atoms with Crippen LogP contribution in [0.1, 0.15) is 33.7 Å². The first-order valence-electron chi connectivity index (χ1n) is 11.3. The average Bonchev–Trinajstić information content (AvgIpc) is 3.18. The molecule has 0 saturated carbocycles. The number of carbonyl (C=O) groups is 2. The first-order chi connectivity index (χ1) is 16.8. The number of hydrogen-bond donors (Lipinski definition) is 3. The second-order valence-corrected chi connectivity index (χ2v) is 8.34. The van der Waals surface area contributed by atoms with Crippen molar-refractivity contribution in [1.29, 1.82) is 5.41 Å². The number of aryl methyl sites for hydroxylation is 3. The number of hydrogen-bond acceptors (Lipinski definition) is 4. The smallest absolute Gasteiger partial charge is 0.305 e. The fraction of sp³-hybridized carbons (Fsp3) is 0.185. The van der Waals surface area contributed by atoms with Crippen LogP contribution >= 0.6 is 0 Å². The SMILES string of the molecule is Cn1c(CCc2ccc(C(=N)N)cc2)nc2cc(C(=O)N(CCC(=O)O)c3ccccc3)ccc21. The largest absolute Gasteiger partial charge is 0.481 e. The van der Waals surface area contributed by atoms with Gasteiger partial charge in [-0.1, -0.05) is 42.5 Å². The number of fused-ring (bicyclic) bond motifs is 1. The number of nitrogens with one attached hydrogen (secondary N) is 1. The van der Waals surface area contributed by atoms with Gasteiger partial charge in [-0.05, 0) is 42.3 Å². The summed E-state index contributed by atoms with van der Waals surface area (Å²) in [5.41, 5.74) is 10.1. The third-order valence-electron chi connectivity index (χ3n) is 5.98. The number of carbonyl (C=O) groups excluding carboxylic acids is 1. The van der Waals surface area contributed by atoms with Crippen LogP contribution in [0.25, 0.3) is 11.0 Å². The van der Waals surface area contributed by atoms with E-state index in [2.05, 4.69) is 0 Å². The summed E-state index contributed by atoms with van der Waals surface area (Å²) in [7, 11) is 1.95. The molecule has 0 aliphatic rings. The number of carboxylic acid groups (broad SMARTS) is 1. The molecule has 8 heteroatoms. The normalized spacial score (nSPS) is 10.9. The van der Waals surface area contributed by atoms with Gasteiger partial charge in [0.25, 0.3) is 5.91 Å². The molecule has 0 radical (unpaired) electrons. The lowest BCUT2D eigenvalue weighted by molar-refractivity contribution is -0.136. The second-order valence-electron chi connectivity index (χ2n) is 8.34. The van der Waals surface area contributed by atoms with Crippen LogP contribution in [0, 0.1) is 5.41 Å². The molecule has 0 aliphatic heterocycles. The Balaban J connectivity index is 1.56. The number of aromatic nitrogens is 2. The lowest BCUT2D eigenvalue weighted by Crippen LogP contribution is -2.33. The monoisotopic (exact) mass is 469 g/mol. The van der Waals surface area contributed by atoms with Crippen molar-refractivity contribution in [3.05, 3.63) is 95.3 Å². The van der Waals surface area contributed by atoms with E-state index in [1.54, 1.807) is 24.3 Å². The highest BCUT2D eigenvalue weighted by atomic mass is 16.4. The van der Waals surface area contributed by atoms with E-state index in [0.717, 1.165) is 23.3 Å². The maximum absolute atomic E-state index is 13.4. The molecule has 178 valence electrons. The zero-order valence-corrected chi connectivity index (χ0v) is 19.4. The number of nitrogens with two attached hydrogens (primary N) is 1. The Hall–Kier alpha value is -4.46. The second kappa shape index (κ2) is 10.2. The van der Waals surface area contributed by atoms with Gasteiger partial charge in [0.05, 0.1) is 17.5 Å². The molecule has 0 atom stereocenters. The van der Waals surface area contributed by atoms with Gasteiger partial charge in [-0.2, -0.15) is 0 Å². The quantitative estimate of drug-likeness (QED) is 0.254. The number of carboxylic acids is 1. The summed E-state index contributed by atoms with van der Waals surface area (Å²) < 4.78 is 2.02. The number of para-hydroxylation sites is 1. The van der Waals surface area contributed by atoms with Crippen LogP contribution in [-0.2, 0) is 24.7 Å². The summed E-state index contributed by atoms with van der Waals surface area (Å²) in [6, 6.07) is 22.1. The van der Waals surface area contributed by atoms with Crippen molar-refractivity contribution in [1.82, 2.24) is 9.55 Å². The molecule has 35 heavy (non-hydrogen) atoms. The van der Waals surface area contributed by atoms with E-state index in [0.29, 0.717) is 28.8 Å². The highest BCUT2D eigenvalue weighted by molar-refractivity contribution is 6.07. The molecule has 0 saturated heterocycles. The molecule has 1 amide bonds. The van der Waals surface area contributed by atoms with E-state index in [9.17, 15) is 9.59 Å². The first-order valence-corrected chi connectivity index (χ1v) is 11.3.